The van der Waals surface area contributed by atoms with Crippen molar-refractivity contribution in [3.63, 3.8) is 0 Å². The van der Waals surface area contributed by atoms with E-state index in [1.807, 2.05) is 43.3 Å². The number of ether oxygens (including phenoxy) is 1. The molecular formula is C21H21N3O3S. The Kier molecular flexibility index (Phi) is 4.77. The van der Waals surface area contributed by atoms with E-state index in [0.717, 1.165) is 21.7 Å². The molecule has 2 aromatic heterocycles. The zero-order valence-corrected chi connectivity index (χ0v) is 16.8. The number of hydrogen-bond acceptors (Lipinski definition) is 6. The lowest BCUT2D eigenvalue weighted by Gasteiger charge is -2.26. The van der Waals surface area contributed by atoms with Crippen LogP contribution < -0.4 is 15.0 Å². The van der Waals surface area contributed by atoms with Crippen molar-refractivity contribution in [3.8, 4) is 5.75 Å². The van der Waals surface area contributed by atoms with Crippen molar-refractivity contribution in [3.05, 3.63) is 52.5 Å². The molecule has 0 saturated carbocycles. The van der Waals surface area contributed by atoms with Crippen LogP contribution in [0.5, 0.6) is 5.75 Å². The molecule has 0 bridgehead atoms. The molecule has 144 valence electrons. The van der Waals surface area contributed by atoms with E-state index in [4.69, 9.17) is 4.74 Å². The molecule has 7 heteroatoms. The molecule has 0 saturated heterocycles. The third kappa shape index (κ3) is 3.11. The number of ketones is 1. The summed E-state index contributed by atoms with van der Waals surface area (Å²) in [5.74, 6) is 0.607. The summed E-state index contributed by atoms with van der Waals surface area (Å²) in [4.78, 5) is 32.1. The topological polar surface area (TPSA) is 71.5 Å². The SMILES string of the molecule is CC(=O)c1ccnc2c(N(C)C)c(C(=O)NC3CCOc4ccccc43)sc12. The van der Waals surface area contributed by atoms with Gasteiger partial charge in [-0.05, 0) is 19.1 Å². The van der Waals surface area contributed by atoms with Crippen LogP contribution in [0.4, 0.5) is 5.69 Å². The first-order valence-corrected chi connectivity index (χ1v) is 9.91. The number of nitrogens with one attached hydrogen (secondary N) is 1. The maximum atomic E-state index is 13.2. The maximum Gasteiger partial charge on any atom is 0.264 e. The molecule has 3 heterocycles. The second-order valence-electron chi connectivity index (χ2n) is 6.97. The molecule has 1 unspecified atom stereocenters. The molecule has 1 amide bonds. The Morgan fingerprint density at radius 3 is 2.79 bits per heavy atom. The molecule has 4 rings (SSSR count). The lowest BCUT2D eigenvalue weighted by Crippen LogP contribution is -2.32. The van der Waals surface area contributed by atoms with Crippen molar-refractivity contribution < 1.29 is 14.3 Å². The normalized spacial score (nSPS) is 15.6. The van der Waals surface area contributed by atoms with Gasteiger partial charge in [0.1, 0.15) is 16.1 Å². The third-order valence-electron chi connectivity index (χ3n) is 4.84. The van der Waals surface area contributed by atoms with E-state index < -0.39 is 0 Å². The highest BCUT2D eigenvalue weighted by atomic mass is 32.1. The van der Waals surface area contributed by atoms with Gasteiger partial charge in [-0.15, -0.1) is 11.3 Å². The average Bonchev–Trinajstić information content (AvgIpc) is 3.08. The average molecular weight is 395 g/mol. The van der Waals surface area contributed by atoms with E-state index in [1.54, 1.807) is 12.3 Å². The summed E-state index contributed by atoms with van der Waals surface area (Å²) in [5, 5.41) is 3.15. The summed E-state index contributed by atoms with van der Waals surface area (Å²) in [7, 11) is 3.76. The zero-order chi connectivity index (χ0) is 19.8. The Morgan fingerprint density at radius 1 is 1.25 bits per heavy atom. The van der Waals surface area contributed by atoms with Crippen LogP contribution >= 0.6 is 11.3 Å². The molecule has 0 radical (unpaired) electrons. The zero-order valence-electron chi connectivity index (χ0n) is 16.0. The fourth-order valence-electron chi connectivity index (χ4n) is 3.54. The first kappa shape index (κ1) is 18.4. The Bertz CT molecular complexity index is 1070. The fraction of sp³-hybridized carbons (Fsp3) is 0.286. The van der Waals surface area contributed by atoms with Crippen molar-refractivity contribution >= 4 is 38.9 Å². The number of amides is 1. The van der Waals surface area contributed by atoms with Crippen LogP contribution in [0.25, 0.3) is 10.2 Å². The quantitative estimate of drug-likeness (QED) is 0.680. The van der Waals surface area contributed by atoms with Crippen LogP contribution in [0.2, 0.25) is 0 Å². The minimum absolute atomic E-state index is 0.0377. The van der Waals surface area contributed by atoms with Gasteiger partial charge in [-0.2, -0.15) is 0 Å². The van der Waals surface area contributed by atoms with Crippen LogP contribution in [0.3, 0.4) is 0 Å². The van der Waals surface area contributed by atoms with E-state index in [1.165, 1.54) is 18.3 Å². The molecule has 28 heavy (non-hydrogen) atoms. The lowest BCUT2D eigenvalue weighted by molar-refractivity contribution is 0.0928. The number of carbonyl (C=O) groups is 2. The maximum absolute atomic E-state index is 13.2. The summed E-state index contributed by atoms with van der Waals surface area (Å²) in [6.45, 7) is 2.09. The molecule has 0 aliphatic carbocycles. The first-order valence-electron chi connectivity index (χ1n) is 9.09. The van der Waals surface area contributed by atoms with Crippen LogP contribution in [0.15, 0.2) is 36.5 Å². The Balaban J connectivity index is 1.75. The van der Waals surface area contributed by atoms with E-state index >= 15 is 0 Å². The number of fused-ring (bicyclic) bond motifs is 2. The van der Waals surface area contributed by atoms with Gasteiger partial charge >= 0.3 is 0 Å². The monoisotopic (exact) mass is 395 g/mol. The molecule has 1 aliphatic rings. The smallest absolute Gasteiger partial charge is 0.264 e. The van der Waals surface area contributed by atoms with Gasteiger partial charge in [0.25, 0.3) is 5.91 Å². The first-order chi connectivity index (χ1) is 13.5. The van der Waals surface area contributed by atoms with E-state index in [2.05, 4.69) is 10.3 Å². The number of pyridine rings is 1. The van der Waals surface area contributed by atoms with Gasteiger partial charge in [-0.1, -0.05) is 18.2 Å². The predicted octanol–water partition coefficient (Wildman–Crippen LogP) is 3.82. The van der Waals surface area contributed by atoms with Gasteiger partial charge in [0.15, 0.2) is 5.78 Å². The highest BCUT2D eigenvalue weighted by Crippen LogP contribution is 2.39. The highest BCUT2D eigenvalue weighted by Gasteiger charge is 2.27. The second kappa shape index (κ2) is 7.24. The van der Waals surface area contributed by atoms with E-state index in [0.29, 0.717) is 29.0 Å². The number of benzene rings is 1. The number of thiophene rings is 1. The molecule has 1 aromatic carbocycles. The number of rotatable bonds is 4. The molecular weight excluding hydrogens is 374 g/mol. The fourth-order valence-corrected chi connectivity index (χ4v) is 4.84. The molecule has 0 spiro atoms. The number of nitrogens with zero attached hydrogens (tertiary/aromatic N) is 2. The summed E-state index contributed by atoms with van der Waals surface area (Å²) in [6.07, 6.45) is 2.33. The number of anilines is 1. The lowest BCUT2D eigenvalue weighted by atomic mass is 10.0. The van der Waals surface area contributed by atoms with Gasteiger partial charge in [-0.25, -0.2) is 0 Å². The van der Waals surface area contributed by atoms with Crippen molar-refractivity contribution in [2.75, 3.05) is 25.6 Å². The molecule has 1 aliphatic heterocycles. The minimum Gasteiger partial charge on any atom is -0.493 e. The van der Waals surface area contributed by atoms with Gasteiger partial charge in [-0.3, -0.25) is 14.6 Å². The van der Waals surface area contributed by atoms with E-state index in [-0.39, 0.29) is 17.7 Å². The second-order valence-corrected chi connectivity index (χ2v) is 7.99. The molecule has 3 aromatic rings. The van der Waals surface area contributed by atoms with Gasteiger partial charge in [0.2, 0.25) is 0 Å². The Hall–Kier alpha value is -2.93. The molecule has 1 atom stereocenters. The van der Waals surface area contributed by atoms with Gasteiger partial charge in [0, 0.05) is 37.8 Å². The number of aromatic nitrogens is 1. The predicted molar refractivity (Wildman–Crippen MR) is 111 cm³/mol. The Morgan fingerprint density at radius 2 is 2.04 bits per heavy atom. The van der Waals surface area contributed by atoms with Crippen LogP contribution in [-0.2, 0) is 0 Å². The number of Topliss-reactive ketones (excluding diaryl/α,β-unsaturated/α-hetero) is 1. The summed E-state index contributed by atoms with van der Waals surface area (Å²) >= 11 is 1.32. The molecule has 1 N–H and O–H groups in total. The van der Waals surface area contributed by atoms with Crippen molar-refractivity contribution in [1.29, 1.82) is 0 Å². The Labute approximate surface area is 167 Å². The highest BCUT2D eigenvalue weighted by molar-refractivity contribution is 7.22. The summed E-state index contributed by atoms with van der Waals surface area (Å²) in [6, 6.07) is 9.36. The minimum atomic E-state index is -0.164. The third-order valence-corrected chi connectivity index (χ3v) is 6.04. The van der Waals surface area contributed by atoms with Crippen LogP contribution in [-0.4, -0.2) is 37.4 Å². The number of para-hydroxylation sites is 1. The standard InChI is InChI=1S/C21H21N3O3S/c1-12(25)13-8-10-22-17-18(24(2)3)20(28-19(13)17)21(26)23-15-9-11-27-16-7-5-4-6-14(15)16/h4-8,10,15H,9,11H2,1-3H3,(H,23,26). The van der Waals surface area contributed by atoms with Gasteiger partial charge in [0.05, 0.1) is 23.0 Å². The number of hydrogen-bond donors (Lipinski definition) is 1. The largest absolute Gasteiger partial charge is 0.493 e. The molecule has 0 fully saturated rings. The van der Waals surface area contributed by atoms with Crippen LogP contribution in [0, 0.1) is 0 Å². The van der Waals surface area contributed by atoms with Crippen molar-refractivity contribution in [2.24, 2.45) is 0 Å². The van der Waals surface area contributed by atoms with Crippen molar-refractivity contribution in [2.45, 2.75) is 19.4 Å². The van der Waals surface area contributed by atoms with Gasteiger partial charge < -0.3 is 15.0 Å². The molecule has 6 nitrogen and oxygen atoms in total. The number of carbonyl (C=O) groups excluding carboxylic acids is 2. The van der Waals surface area contributed by atoms with E-state index in [9.17, 15) is 9.59 Å². The summed E-state index contributed by atoms with van der Waals surface area (Å²) in [5.41, 5.74) is 2.99. The van der Waals surface area contributed by atoms with Crippen molar-refractivity contribution in [1.82, 2.24) is 10.3 Å². The summed E-state index contributed by atoms with van der Waals surface area (Å²) < 4.78 is 6.44. The van der Waals surface area contributed by atoms with Crippen LogP contribution in [0.1, 0.15) is 45.0 Å².